The Morgan fingerprint density at radius 2 is 2.29 bits per heavy atom. The Balaban J connectivity index is 2.59. The van der Waals surface area contributed by atoms with Crippen molar-refractivity contribution in [2.45, 2.75) is 6.92 Å². The van der Waals surface area contributed by atoms with Crippen molar-refractivity contribution in [1.29, 1.82) is 0 Å². The monoisotopic (exact) mass is 276 g/mol. The highest BCUT2D eigenvalue weighted by atomic mass is 35.5. The summed E-state index contributed by atoms with van der Waals surface area (Å²) in [6.07, 6.45) is -0.664. The Bertz CT molecular complexity index is 442. The Labute approximate surface area is 108 Å². The molecule has 0 bridgehead atoms. The number of thiocarbonyl (C=S) groups is 1. The van der Waals surface area contributed by atoms with Gasteiger partial charge in [0.2, 0.25) is 0 Å². The number of rotatable bonds is 2. The minimum Gasteiger partial charge on any atom is -0.450 e. The van der Waals surface area contributed by atoms with Crippen LogP contribution in [-0.2, 0) is 4.74 Å². The predicted octanol–water partition coefficient (Wildman–Crippen LogP) is 2.92. The van der Waals surface area contributed by atoms with Gasteiger partial charge in [0.25, 0.3) is 0 Å². The van der Waals surface area contributed by atoms with Crippen LogP contribution in [0.2, 0.25) is 5.02 Å². The van der Waals surface area contributed by atoms with Crippen molar-refractivity contribution in [3.63, 3.8) is 0 Å². The van der Waals surface area contributed by atoms with Crippen LogP contribution in [0.25, 0.3) is 0 Å². The average Bonchev–Trinajstić information content (AvgIpc) is 2.22. The van der Waals surface area contributed by atoms with Crippen LogP contribution < -0.4 is 10.6 Å². The maximum atomic E-state index is 12.8. The van der Waals surface area contributed by atoms with Gasteiger partial charge in [0.1, 0.15) is 5.82 Å². The van der Waals surface area contributed by atoms with Crippen LogP contribution in [-0.4, -0.2) is 17.8 Å². The van der Waals surface area contributed by atoms with E-state index in [4.69, 9.17) is 23.8 Å². The molecule has 0 atom stereocenters. The van der Waals surface area contributed by atoms with Crippen molar-refractivity contribution < 1.29 is 13.9 Å². The zero-order chi connectivity index (χ0) is 12.8. The molecular formula is C10H10ClFN2O2S. The first-order chi connectivity index (χ1) is 8.02. The molecule has 0 aromatic heterocycles. The van der Waals surface area contributed by atoms with Gasteiger partial charge in [0.15, 0.2) is 5.11 Å². The van der Waals surface area contributed by atoms with Gasteiger partial charge in [-0.15, -0.1) is 0 Å². The molecule has 4 nitrogen and oxygen atoms in total. The SMILES string of the molecule is CCOC(=O)NC(=S)Nc1ccc(F)cc1Cl. The van der Waals surface area contributed by atoms with E-state index in [0.717, 1.165) is 6.07 Å². The molecule has 0 aliphatic heterocycles. The molecule has 0 aliphatic carbocycles. The smallest absolute Gasteiger partial charge is 0.413 e. The van der Waals surface area contributed by atoms with E-state index in [1.54, 1.807) is 6.92 Å². The van der Waals surface area contributed by atoms with Crippen molar-refractivity contribution in [3.8, 4) is 0 Å². The van der Waals surface area contributed by atoms with Gasteiger partial charge in [-0.3, -0.25) is 5.32 Å². The molecule has 7 heteroatoms. The first-order valence-corrected chi connectivity index (χ1v) is 5.51. The second-order valence-corrected chi connectivity index (χ2v) is 3.74. The van der Waals surface area contributed by atoms with Gasteiger partial charge >= 0.3 is 6.09 Å². The van der Waals surface area contributed by atoms with Crippen molar-refractivity contribution in [3.05, 3.63) is 29.0 Å². The maximum absolute atomic E-state index is 12.8. The standard InChI is InChI=1S/C10H10ClFN2O2S/c1-2-16-10(15)14-9(17)13-8-4-3-6(12)5-7(8)11/h3-5H,2H2,1H3,(H2,13,14,15,17). The van der Waals surface area contributed by atoms with Gasteiger partial charge in [-0.25, -0.2) is 9.18 Å². The highest BCUT2D eigenvalue weighted by Crippen LogP contribution is 2.22. The lowest BCUT2D eigenvalue weighted by molar-refractivity contribution is 0.158. The van der Waals surface area contributed by atoms with Crippen molar-refractivity contribution >= 4 is 40.7 Å². The summed E-state index contributed by atoms with van der Waals surface area (Å²) < 4.78 is 17.4. The molecule has 0 aliphatic rings. The molecule has 2 N–H and O–H groups in total. The quantitative estimate of drug-likeness (QED) is 0.816. The number of halogens is 2. The number of anilines is 1. The number of benzene rings is 1. The van der Waals surface area contributed by atoms with Crippen molar-refractivity contribution in [1.82, 2.24) is 5.32 Å². The molecule has 1 aromatic carbocycles. The predicted molar refractivity (Wildman–Crippen MR) is 67.8 cm³/mol. The molecular weight excluding hydrogens is 267 g/mol. The molecule has 1 aromatic rings. The number of carbonyl (C=O) groups excluding carboxylic acids is 1. The molecule has 1 amide bonds. The van der Waals surface area contributed by atoms with Crippen LogP contribution >= 0.6 is 23.8 Å². The number of carbonyl (C=O) groups is 1. The number of amides is 1. The van der Waals surface area contributed by atoms with Gasteiger partial charge in [0.05, 0.1) is 17.3 Å². The summed E-state index contributed by atoms with van der Waals surface area (Å²) in [6, 6.07) is 3.77. The number of hydrogen-bond donors (Lipinski definition) is 2. The van der Waals surface area contributed by atoms with Crippen molar-refractivity contribution in [2.24, 2.45) is 0 Å². The molecule has 0 heterocycles. The molecule has 92 valence electrons. The normalized spacial score (nSPS) is 9.59. The van der Waals surface area contributed by atoms with Gasteiger partial charge in [-0.1, -0.05) is 11.6 Å². The van der Waals surface area contributed by atoms with E-state index in [9.17, 15) is 9.18 Å². The Morgan fingerprint density at radius 3 is 2.88 bits per heavy atom. The zero-order valence-electron chi connectivity index (χ0n) is 8.92. The summed E-state index contributed by atoms with van der Waals surface area (Å²) in [5, 5.41) is 5.12. The fourth-order valence-electron chi connectivity index (χ4n) is 1.00. The molecule has 0 unspecified atom stereocenters. The first kappa shape index (κ1) is 13.7. The fourth-order valence-corrected chi connectivity index (χ4v) is 1.41. The van der Waals surface area contributed by atoms with Crippen LogP contribution in [0.5, 0.6) is 0 Å². The Hall–Kier alpha value is -1.40. The summed E-state index contributed by atoms with van der Waals surface area (Å²) in [6.45, 7) is 1.92. The number of ether oxygens (including phenoxy) is 1. The molecule has 0 saturated heterocycles. The lowest BCUT2D eigenvalue weighted by Gasteiger charge is -2.10. The third-order valence-electron chi connectivity index (χ3n) is 1.67. The molecule has 1 rings (SSSR count). The van der Waals surface area contributed by atoms with Crippen LogP contribution in [0.4, 0.5) is 14.9 Å². The third-order valence-corrected chi connectivity index (χ3v) is 2.19. The molecule has 0 fully saturated rings. The van der Waals surface area contributed by atoms with Gasteiger partial charge in [-0.2, -0.15) is 0 Å². The second-order valence-electron chi connectivity index (χ2n) is 2.92. The Kier molecular flexibility index (Phi) is 5.11. The summed E-state index contributed by atoms with van der Waals surface area (Å²) in [5.74, 6) is -0.454. The maximum Gasteiger partial charge on any atom is 0.413 e. The number of nitrogens with one attached hydrogen (secondary N) is 2. The van der Waals surface area contributed by atoms with E-state index in [1.807, 2.05) is 0 Å². The van der Waals surface area contributed by atoms with E-state index in [2.05, 4.69) is 15.4 Å². The minimum absolute atomic E-state index is 0.0250. The number of hydrogen-bond acceptors (Lipinski definition) is 3. The number of alkyl carbamates (subject to hydrolysis) is 1. The molecule has 0 saturated carbocycles. The largest absolute Gasteiger partial charge is 0.450 e. The average molecular weight is 277 g/mol. The first-order valence-electron chi connectivity index (χ1n) is 4.72. The van der Waals surface area contributed by atoms with Crippen LogP contribution in [0.3, 0.4) is 0 Å². The zero-order valence-corrected chi connectivity index (χ0v) is 10.5. The lowest BCUT2D eigenvalue weighted by Crippen LogP contribution is -2.34. The van der Waals surface area contributed by atoms with Gasteiger partial charge < -0.3 is 10.1 Å². The van der Waals surface area contributed by atoms with Crippen molar-refractivity contribution in [2.75, 3.05) is 11.9 Å². The topological polar surface area (TPSA) is 50.4 Å². The molecule has 0 spiro atoms. The van der Waals surface area contributed by atoms with E-state index < -0.39 is 11.9 Å². The third kappa shape index (κ3) is 4.54. The molecule has 17 heavy (non-hydrogen) atoms. The minimum atomic E-state index is -0.664. The summed E-state index contributed by atoms with van der Waals surface area (Å²) in [5.41, 5.74) is 0.398. The van der Waals surface area contributed by atoms with E-state index in [0.29, 0.717) is 5.69 Å². The highest BCUT2D eigenvalue weighted by Gasteiger charge is 2.07. The highest BCUT2D eigenvalue weighted by molar-refractivity contribution is 7.80. The van der Waals surface area contributed by atoms with Crippen LogP contribution in [0, 0.1) is 5.82 Å². The fraction of sp³-hybridized carbons (Fsp3) is 0.200. The van der Waals surface area contributed by atoms with Gasteiger partial charge in [-0.05, 0) is 37.3 Å². The van der Waals surface area contributed by atoms with Crippen LogP contribution in [0.15, 0.2) is 18.2 Å². The van der Waals surface area contributed by atoms with Gasteiger partial charge in [0, 0.05) is 0 Å². The van der Waals surface area contributed by atoms with Crippen LogP contribution in [0.1, 0.15) is 6.92 Å². The van der Waals surface area contributed by atoms with E-state index in [-0.39, 0.29) is 16.7 Å². The summed E-state index contributed by atoms with van der Waals surface area (Å²) >= 11 is 10.6. The summed E-state index contributed by atoms with van der Waals surface area (Å²) in [7, 11) is 0. The van der Waals surface area contributed by atoms with E-state index in [1.165, 1.54) is 12.1 Å². The van der Waals surface area contributed by atoms with E-state index >= 15 is 0 Å². The second kappa shape index (κ2) is 6.36. The summed E-state index contributed by atoms with van der Waals surface area (Å²) in [4.78, 5) is 11.0. The lowest BCUT2D eigenvalue weighted by atomic mass is 10.3. The molecule has 0 radical (unpaired) electrons. The Morgan fingerprint density at radius 1 is 1.59 bits per heavy atom.